The SMILES string of the molecule is CC(C)n1ncc2c1C(NC(=O)Cc1ccc(C(N)=O)cc1)CCC2. The van der Waals surface area contributed by atoms with Gasteiger partial charge in [-0.3, -0.25) is 14.3 Å². The van der Waals surface area contributed by atoms with Crippen LogP contribution in [-0.4, -0.2) is 21.6 Å². The molecule has 132 valence electrons. The number of amides is 2. The first kappa shape index (κ1) is 17.2. The van der Waals surface area contributed by atoms with Crippen molar-refractivity contribution in [3.8, 4) is 0 Å². The van der Waals surface area contributed by atoms with Gasteiger partial charge in [0.05, 0.1) is 24.4 Å². The predicted octanol–water partition coefficient (Wildman–Crippen LogP) is 2.30. The summed E-state index contributed by atoms with van der Waals surface area (Å²) in [4.78, 5) is 23.6. The molecule has 3 rings (SSSR count). The van der Waals surface area contributed by atoms with Crippen molar-refractivity contribution in [3.05, 3.63) is 52.8 Å². The lowest BCUT2D eigenvalue weighted by atomic mass is 9.93. The first-order chi connectivity index (χ1) is 12.0. The van der Waals surface area contributed by atoms with Crippen LogP contribution in [0.3, 0.4) is 0 Å². The molecule has 1 aromatic carbocycles. The third-order valence-corrected chi connectivity index (χ3v) is 4.61. The maximum atomic E-state index is 12.5. The summed E-state index contributed by atoms with van der Waals surface area (Å²) < 4.78 is 2.01. The van der Waals surface area contributed by atoms with Gasteiger partial charge >= 0.3 is 0 Å². The largest absolute Gasteiger partial charge is 0.366 e. The van der Waals surface area contributed by atoms with E-state index in [1.165, 1.54) is 5.56 Å². The van der Waals surface area contributed by atoms with Gasteiger partial charge < -0.3 is 11.1 Å². The van der Waals surface area contributed by atoms with Crippen LogP contribution in [0.5, 0.6) is 0 Å². The highest BCUT2D eigenvalue weighted by Gasteiger charge is 2.27. The van der Waals surface area contributed by atoms with Crippen LogP contribution in [-0.2, 0) is 17.6 Å². The minimum atomic E-state index is -0.465. The molecule has 0 spiro atoms. The van der Waals surface area contributed by atoms with Gasteiger partial charge in [-0.05, 0) is 56.4 Å². The molecule has 0 saturated carbocycles. The summed E-state index contributed by atoms with van der Waals surface area (Å²) in [5.74, 6) is -0.492. The Morgan fingerprint density at radius 1 is 1.32 bits per heavy atom. The number of nitrogens with two attached hydrogens (primary N) is 1. The normalized spacial score (nSPS) is 16.5. The Morgan fingerprint density at radius 2 is 2.04 bits per heavy atom. The number of carbonyl (C=O) groups excluding carboxylic acids is 2. The lowest BCUT2D eigenvalue weighted by Crippen LogP contribution is -2.33. The zero-order chi connectivity index (χ0) is 18.0. The number of hydrogen-bond donors (Lipinski definition) is 2. The number of benzene rings is 1. The lowest BCUT2D eigenvalue weighted by Gasteiger charge is -2.26. The number of aryl methyl sites for hydroxylation is 1. The highest BCUT2D eigenvalue weighted by molar-refractivity contribution is 5.92. The maximum Gasteiger partial charge on any atom is 0.248 e. The van der Waals surface area contributed by atoms with E-state index in [-0.39, 0.29) is 24.4 Å². The van der Waals surface area contributed by atoms with Gasteiger partial charge in [0.1, 0.15) is 0 Å². The summed E-state index contributed by atoms with van der Waals surface area (Å²) in [6.07, 6.45) is 5.20. The van der Waals surface area contributed by atoms with E-state index >= 15 is 0 Å². The Bertz CT molecular complexity index is 777. The molecule has 1 aliphatic carbocycles. The number of aromatic nitrogens is 2. The van der Waals surface area contributed by atoms with Gasteiger partial charge in [-0.1, -0.05) is 12.1 Å². The Morgan fingerprint density at radius 3 is 2.68 bits per heavy atom. The molecular weight excluding hydrogens is 316 g/mol. The second kappa shape index (κ2) is 7.09. The molecule has 1 unspecified atom stereocenters. The number of rotatable bonds is 5. The van der Waals surface area contributed by atoms with Crippen molar-refractivity contribution in [1.82, 2.24) is 15.1 Å². The van der Waals surface area contributed by atoms with E-state index in [9.17, 15) is 9.59 Å². The quantitative estimate of drug-likeness (QED) is 0.875. The number of nitrogens with one attached hydrogen (secondary N) is 1. The van der Waals surface area contributed by atoms with E-state index in [2.05, 4.69) is 24.3 Å². The number of nitrogens with zero attached hydrogens (tertiary/aromatic N) is 2. The Labute approximate surface area is 147 Å². The van der Waals surface area contributed by atoms with Crippen LogP contribution in [0.25, 0.3) is 0 Å². The summed E-state index contributed by atoms with van der Waals surface area (Å²) in [6.45, 7) is 4.20. The van der Waals surface area contributed by atoms with Gasteiger partial charge in [-0.2, -0.15) is 5.10 Å². The molecule has 2 aromatic rings. The summed E-state index contributed by atoms with van der Waals surface area (Å²) in [5, 5.41) is 7.64. The van der Waals surface area contributed by atoms with Crippen molar-refractivity contribution in [1.29, 1.82) is 0 Å². The first-order valence-electron chi connectivity index (χ1n) is 8.70. The fraction of sp³-hybridized carbons (Fsp3) is 0.421. The molecule has 3 N–H and O–H groups in total. The zero-order valence-electron chi connectivity index (χ0n) is 14.7. The molecule has 0 radical (unpaired) electrons. The summed E-state index contributed by atoms with van der Waals surface area (Å²) in [6, 6.07) is 7.11. The number of hydrogen-bond acceptors (Lipinski definition) is 3. The second-order valence-electron chi connectivity index (χ2n) is 6.84. The smallest absolute Gasteiger partial charge is 0.248 e. The van der Waals surface area contributed by atoms with Crippen molar-refractivity contribution in [2.45, 2.75) is 51.6 Å². The number of carbonyl (C=O) groups is 2. The molecular formula is C19H24N4O2. The molecule has 6 nitrogen and oxygen atoms in total. The van der Waals surface area contributed by atoms with Crippen LogP contribution < -0.4 is 11.1 Å². The molecule has 0 saturated heterocycles. The summed E-state index contributed by atoms with van der Waals surface area (Å²) in [7, 11) is 0. The lowest BCUT2D eigenvalue weighted by molar-refractivity contribution is -0.121. The molecule has 1 heterocycles. The van der Waals surface area contributed by atoms with Crippen molar-refractivity contribution >= 4 is 11.8 Å². The van der Waals surface area contributed by atoms with E-state index in [4.69, 9.17) is 5.73 Å². The molecule has 0 aliphatic heterocycles. The van der Waals surface area contributed by atoms with E-state index in [1.807, 2.05) is 10.9 Å². The fourth-order valence-corrected chi connectivity index (χ4v) is 3.39. The van der Waals surface area contributed by atoms with Crippen LogP contribution >= 0.6 is 0 Å². The third kappa shape index (κ3) is 3.73. The molecule has 0 bridgehead atoms. The van der Waals surface area contributed by atoms with E-state index in [0.717, 1.165) is 30.5 Å². The zero-order valence-corrected chi connectivity index (χ0v) is 14.7. The Balaban J connectivity index is 1.70. The van der Waals surface area contributed by atoms with E-state index in [1.54, 1.807) is 24.3 Å². The summed E-state index contributed by atoms with van der Waals surface area (Å²) in [5.41, 5.74) is 8.91. The van der Waals surface area contributed by atoms with Crippen LogP contribution in [0.1, 0.15) is 66.0 Å². The minimum absolute atomic E-state index is 0.00560. The van der Waals surface area contributed by atoms with Crippen molar-refractivity contribution in [2.24, 2.45) is 5.73 Å². The highest BCUT2D eigenvalue weighted by atomic mass is 16.2. The number of fused-ring (bicyclic) bond motifs is 1. The molecule has 2 amide bonds. The molecule has 1 aliphatic rings. The van der Waals surface area contributed by atoms with Crippen LogP contribution in [0, 0.1) is 0 Å². The molecule has 6 heteroatoms. The van der Waals surface area contributed by atoms with Crippen molar-refractivity contribution in [3.63, 3.8) is 0 Å². The average molecular weight is 340 g/mol. The second-order valence-corrected chi connectivity index (χ2v) is 6.84. The summed E-state index contributed by atoms with van der Waals surface area (Å²) >= 11 is 0. The minimum Gasteiger partial charge on any atom is -0.366 e. The predicted molar refractivity (Wildman–Crippen MR) is 95.1 cm³/mol. The number of primary amides is 1. The first-order valence-corrected chi connectivity index (χ1v) is 8.70. The van der Waals surface area contributed by atoms with Gasteiger partial charge in [0, 0.05) is 11.6 Å². The Hall–Kier alpha value is -2.63. The van der Waals surface area contributed by atoms with Gasteiger partial charge in [0.15, 0.2) is 0 Å². The van der Waals surface area contributed by atoms with Gasteiger partial charge in [0.25, 0.3) is 0 Å². The molecule has 1 aromatic heterocycles. The standard InChI is InChI=1S/C19H24N4O2/c1-12(2)23-18-15(11-21-23)4-3-5-16(18)22-17(24)10-13-6-8-14(9-7-13)19(20)25/h6-9,11-12,16H,3-5,10H2,1-2H3,(H2,20,25)(H,22,24). The van der Waals surface area contributed by atoms with Crippen molar-refractivity contribution in [2.75, 3.05) is 0 Å². The van der Waals surface area contributed by atoms with E-state index < -0.39 is 5.91 Å². The van der Waals surface area contributed by atoms with Crippen molar-refractivity contribution < 1.29 is 9.59 Å². The topological polar surface area (TPSA) is 90.0 Å². The van der Waals surface area contributed by atoms with Gasteiger partial charge in [0.2, 0.25) is 11.8 Å². The fourth-order valence-electron chi connectivity index (χ4n) is 3.39. The Kier molecular flexibility index (Phi) is 4.88. The maximum absolute atomic E-state index is 12.5. The molecule has 25 heavy (non-hydrogen) atoms. The monoisotopic (exact) mass is 340 g/mol. The molecule has 1 atom stereocenters. The van der Waals surface area contributed by atoms with Crippen LogP contribution in [0.2, 0.25) is 0 Å². The van der Waals surface area contributed by atoms with Gasteiger partial charge in [-0.15, -0.1) is 0 Å². The van der Waals surface area contributed by atoms with Crippen LogP contribution in [0.15, 0.2) is 30.5 Å². The van der Waals surface area contributed by atoms with Crippen LogP contribution in [0.4, 0.5) is 0 Å². The molecule has 0 fully saturated rings. The highest BCUT2D eigenvalue weighted by Crippen LogP contribution is 2.31. The van der Waals surface area contributed by atoms with Gasteiger partial charge in [-0.25, -0.2) is 0 Å². The van der Waals surface area contributed by atoms with E-state index in [0.29, 0.717) is 5.56 Å². The third-order valence-electron chi connectivity index (χ3n) is 4.61. The average Bonchev–Trinajstić information content (AvgIpc) is 3.00.